The van der Waals surface area contributed by atoms with Crippen LogP contribution < -0.4 is 10.6 Å². The highest BCUT2D eigenvalue weighted by atomic mass is 79.9. The standard InChI is InChI=1S/C13H20BrClN2O/c1-18-8-7-16-5-2-6-17-10-11-9-12(15)3-4-13(11)14/h3-4,9,16-17H,2,5-8,10H2,1H3. The van der Waals surface area contributed by atoms with Crippen LogP contribution in [0.1, 0.15) is 12.0 Å². The van der Waals surface area contributed by atoms with Crippen molar-refractivity contribution < 1.29 is 4.74 Å². The van der Waals surface area contributed by atoms with Crippen LogP contribution >= 0.6 is 27.5 Å². The molecule has 0 amide bonds. The molecule has 0 radical (unpaired) electrons. The number of nitrogens with one attached hydrogen (secondary N) is 2. The van der Waals surface area contributed by atoms with Gasteiger partial charge in [0.05, 0.1) is 6.61 Å². The van der Waals surface area contributed by atoms with Crippen molar-refractivity contribution in [2.24, 2.45) is 0 Å². The maximum Gasteiger partial charge on any atom is 0.0587 e. The lowest BCUT2D eigenvalue weighted by molar-refractivity contribution is 0.199. The Balaban J connectivity index is 2.09. The van der Waals surface area contributed by atoms with E-state index >= 15 is 0 Å². The fraction of sp³-hybridized carbons (Fsp3) is 0.538. The Morgan fingerprint density at radius 3 is 2.78 bits per heavy atom. The summed E-state index contributed by atoms with van der Waals surface area (Å²) in [4.78, 5) is 0. The number of benzene rings is 1. The van der Waals surface area contributed by atoms with E-state index in [-0.39, 0.29) is 0 Å². The lowest BCUT2D eigenvalue weighted by atomic mass is 10.2. The maximum atomic E-state index is 5.96. The van der Waals surface area contributed by atoms with Crippen LogP contribution in [-0.4, -0.2) is 33.4 Å². The number of methoxy groups -OCH3 is 1. The summed E-state index contributed by atoms with van der Waals surface area (Å²) in [6.07, 6.45) is 1.10. The van der Waals surface area contributed by atoms with Gasteiger partial charge in [0.2, 0.25) is 0 Å². The van der Waals surface area contributed by atoms with Crippen molar-refractivity contribution in [1.29, 1.82) is 0 Å². The molecule has 0 unspecified atom stereocenters. The number of ether oxygens (including phenoxy) is 1. The van der Waals surface area contributed by atoms with Crippen LogP contribution in [0.25, 0.3) is 0 Å². The highest BCUT2D eigenvalue weighted by Gasteiger charge is 2.00. The minimum Gasteiger partial charge on any atom is -0.383 e. The van der Waals surface area contributed by atoms with Gasteiger partial charge < -0.3 is 15.4 Å². The zero-order valence-electron chi connectivity index (χ0n) is 10.6. The van der Waals surface area contributed by atoms with Crippen LogP contribution in [-0.2, 0) is 11.3 Å². The molecule has 0 aliphatic rings. The van der Waals surface area contributed by atoms with Crippen LogP contribution in [0, 0.1) is 0 Å². The molecule has 0 aromatic heterocycles. The summed E-state index contributed by atoms with van der Waals surface area (Å²) in [5, 5.41) is 7.49. The van der Waals surface area contributed by atoms with Gasteiger partial charge in [0.1, 0.15) is 0 Å². The fourth-order valence-corrected chi connectivity index (χ4v) is 2.12. The van der Waals surface area contributed by atoms with Gasteiger partial charge >= 0.3 is 0 Å². The first-order chi connectivity index (χ1) is 8.74. The van der Waals surface area contributed by atoms with Gasteiger partial charge in [-0.15, -0.1) is 0 Å². The fourth-order valence-electron chi connectivity index (χ4n) is 1.54. The zero-order chi connectivity index (χ0) is 13.2. The third-order valence-corrected chi connectivity index (χ3v) is 3.52. The van der Waals surface area contributed by atoms with Gasteiger partial charge in [-0.3, -0.25) is 0 Å². The van der Waals surface area contributed by atoms with E-state index < -0.39 is 0 Å². The zero-order valence-corrected chi connectivity index (χ0v) is 13.0. The monoisotopic (exact) mass is 334 g/mol. The Kier molecular flexibility index (Phi) is 8.63. The summed E-state index contributed by atoms with van der Waals surface area (Å²) in [5.41, 5.74) is 1.19. The lowest BCUT2D eigenvalue weighted by Crippen LogP contribution is -2.24. The van der Waals surface area contributed by atoms with E-state index in [0.717, 1.165) is 48.7 Å². The largest absolute Gasteiger partial charge is 0.383 e. The Bertz CT molecular complexity index is 350. The molecular weight excluding hydrogens is 316 g/mol. The first-order valence-electron chi connectivity index (χ1n) is 6.08. The maximum absolute atomic E-state index is 5.96. The SMILES string of the molecule is COCCNCCCNCc1cc(Cl)ccc1Br. The molecule has 1 rings (SSSR count). The van der Waals surface area contributed by atoms with Crippen LogP contribution in [0.3, 0.4) is 0 Å². The van der Waals surface area contributed by atoms with E-state index in [9.17, 15) is 0 Å². The third kappa shape index (κ3) is 6.71. The molecule has 0 saturated heterocycles. The summed E-state index contributed by atoms with van der Waals surface area (Å²) in [7, 11) is 1.71. The van der Waals surface area contributed by atoms with Crippen molar-refractivity contribution in [2.75, 3.05) is 33.4 Å². The quantitative estimate of drug-likeness (QED) is 0.681. The molecular formula is C13H20BrClN2O. The Hall–Kier alpha value is -0.130. The molecule has 0 aliphatic carbocycles. The molecule has 0 atom stereocenters. The van der Waals surface area contributed by atoms with E-state index in [0.29, 0.717) is 0 Å². The van der Waals surface area contributed by atoms with E-state index in [1.54, 1.807) is 7.11 Å². The van der Waals surface area contributed by atoms with Crippen molar-refractivity contribution >= 4 is 27.5 Å². The van der Waals surface area contributed by atoms with Gasteiger partial charge in [0.25, 0.3) is 0 Å². The smallest absolute Gasteiger partial charge is 0.0587 e. The molecule has 2 N–H and O–H groups in total. The Morgan fingerprint density at radius 1 is 1.22 bits per heavy atom. The van der Waals surface area contributed by atoms with Gasteiger partial charge in [-0.05, 0) is 43.3 Å². The molecule has 5 heteroatoms. The first kappa shape index (κ1) is 15.9. The summed E-state index contributed by atoms with van der Waals surface area (Å²) >= 11 is 9.47. The van der Waals surface area contributed by atoms with Gasteiger partial charge in [-0.25, -0.2) is 0 Å². The molecule has 18 heavy (non-hydrogen) atoms. The lowest BCUT2D eigenvalue weighted by Gasteiger charge is -2.08. The van der Waals surface area contributed by atoms with Crippen molar-refractivity contribution in [1.82, 2.24) is 10.6 Å². The summed E-state index contributed by atoms with van der Waals surface area (Å²) in [6.45, 7) is 4.50. The van der Waals surface area contributed by atoms with Crippen molar-refractivity contribution in [2.45, 2.75) is 13.0 Å². The molecule has 0 spiro atoms. The first-order valence-corrected chi connectivity index (χ1v) is 7.25. The second-order valence-electron chi connectivity index (χ2n) is 4.01. The number of halogens is 2. The molecule has 0 aliphatic heterocycles. The minimum absolute atomic E-state index is 0.767. The normalized spacial score (nSPS) is 10.8. The van der Waals surface area contributed by atoms with E-state index in [2.05, 4.69) is 26.6 Å². The summed E-state index contributed by atoms with van der Waals surface area (Å²) in [6, 6.07) is 5.84. The predicted molar refractivity (Wildman–Crippen MR) is 80.2 cm³/mol. The van der Waals surface area contributed by atoms with Crippen molar-refractivity contribution in [3.05, 3.63) is 33.3 Å². The van der Waals surface area contributed by atoms with E-state index in [1.165, 1.54) is 5.56 Å². The van der Waals surface area contributed by atoms with Gasteiger partial charge in [0.15, 0.2) is 0 Å². The van der Waals surface area contributed by atoms with Crippen LogP contribution in [0.5, 0.6) is 0 Å². The molecule has 0 fully saturated rings. The Morgan fingerprint density at radius 2 is 2.00 bits per heavy atom. The number of hydrogen-bond donors (Lipinski definition) is 2. The molecule has 0 saturated carbocycles. The second-order valence-corrected chi connectivity index (χ2v) is 5.30. The molecule has 3 nitrogen and oxygen atoms in total. The molecule has 0 heterocycles. The molecule has 0 bridgehead atoms. The highest BCUT2D eigenvalue weighted by Crippen LogP contribution is 2.20. The van der Waals surface area contributed by atoms with E-state index in [4.69, 9.17) is 16.3 Å². The van der Waals surface area contributed by atoms with Crippen LogP contribution in [0.2, 0.25) is 5.02 Å². The van der Waals surface area contributed by atoms with Crippen molar-refractivity contribution in [3.8, 4) is 0 Å². The summed E-state index contributed by atoms with van der Waals surface area (Å²) in [5.74, 6) is 0. The topological polar surface area (TPSA) is 33.3 Å². The summed E-state index contributed by atoms with van der Waals surface area (Å²) < 4.78 is 6.05. The number of hydrogen-bond acceptors (Lipinski definition) is 3. The van der Waals surface area contributed by atoms with Crippen LogP contribution in [0.4, 0.5) is 0 Å². The van der Waals surface area contributed by atoms with E-state index in [1.807, 2.05) is 18.2 Å². The second kappa shape index (κ2) is 9.75. The van der Waals surface area contributed by atoms with Gasteiger partial charge in [-0.1, -0.05) is 27.5 Å². The highest BCUT2D eigenvalue weighted by molar-refractivity contribution is 9.10. The van der Waals surface area contributed by atoms with Crippen LogP contribution in [0.15, 0.2) is 22.7 Å². The average Bonchev–Trinajstić information content (AvgIpc) is 2.36. The average molecular weight is 336 g/mol. The molecule has 1 aromatic rings. The van der Waals surface area contributed by atoms with Gasteiger partial charge in [0, 0.05) is 29.7 Å². The Labute approximate surface area is 122 Å². The van der Waals surface area contributed by atoms with Gasteiger partial charge in [-0.2, -0.15) is 0 Å². The third-order valence-electron chi connectivity index (χ3n) is 2.51. The predicted octanol–water partition coefficient (Wildman–Crippen LogP) is 2.82. The number of rotatable bonds is 9. The molecule has 102 valence electrons. The van der Waals surface area contributed by atoms with Crippen molar-refractivity contribution in [3.63, 3.8) is 0 Å². The minimum atomic E-state index is 0.767. The molecule has 1 aromatic carbocycles.